The van der Waals surface area contributed by atoms with Crippen LogP contribution in [0.4, 0.5) is 24.7 Å². The first-order valence-corrected chi connectivity index (χ1v) is 12.3. The third-order valence-electron chi connectivity index (χ3n) is 6.47. The molecular weight excluding hydrogens is 525 g/mol. The van der Waals surface area contributed by atoms with Gasteiger partial charge in [0.1, 0.15) is 11.4 Å². The molecule has 9 nitrogen and oxygen atoms in total. The number of pyridine rings is 2. The Bertz CT molecular complexity index is 1700. The molecule has 1 fully saturated rings. The zero-order valence-corrected chi connectivity index (χ0v) is 21.4. The Labute approximate surface area is 226 Å². The minimum Gasteiger partial charge on any atom is -0.322 e. The molecule has 0 radical (unpaired) electrons. The Balaban J connectivity index is 1.41. The van der Waals surface area contributed by atoms with Crippen LogP contribution < -0.4 is 16.2 Å². The number of halogens is 3. The highest BCUT2D eigenvalue weighted by atomic mass is 19.4. The van der Waals surface area contributed by atoms with Gasteiger partial charge in [-0.25, -0.2) is 4.98 Å². The summed E-state index contributed by atoms with van der Waals surface area (Å²) in [6.07, 6.45) is 1.06. The van der Waals surface area contributed by atoms with Crippen molar-refractivity contribution in [3.63, 3.8) is 0 Å². The van der Waals surface area contributed by atoms with Gasteiger partial charge < -0.3 is 15.2 Å². The number of carbonyl (C=O) groups excluding carboxylic acids is 2. The summed E-state index contributed by atoms with van der Waals surface area (Å²) < 4.78 is 40.5. The predicted octanol–water partition coefficient (Wildman–Crippen LogP) is 4.83. The molecule has 1 aliphatic rings. The number of aryl methyl sites for hydroxylation is 2. The Morgan fingerprint density at radius 2 is 1.80 bits per heavy atom. The van der Waals surface area contributed by atoms with Crippen LogP contribution in [0.25, 0.3) is 22.4 Å². The van der Waals surface area contributed by atoms with E-state index in [4.69, 9.17) is 0 Å². The van der Waals surface area contributed by atoms with E-state index in [-0.39, 0.29) is 17.4 Å². The fourth-order valence-corrected chi connectivity index (χ4v) is 4.13. The highest BCUT2D eigenvalue weighted by Gasteiger charge is 2.35. The molecule has 1 aliphatic carbocycles. The normalized spacial score (nSPS) is 13.1. The second-order valence-corrected chi connectivity index (χ2v) is 9.56. The van der Waals surface area contributed by atoms with Crippen molar-refractivity contribution >= 4 is 23.3 Å². The third-order valence-corrected chi connectivity index (χ3v) is 6.47. The number of hydrogen-bond donors (Lipinski definition) is 2. The molecule has 4 aromatic rings. The molecule has 0 unspecified atom stereocenters. The molecule has 1 aromatic carbocycles. The number of anilines is 2. The molecule has 2 amide bonds. The van der Waals surface area contributed by atoms with Gasteiger partial charge in [-0.05, 0) is 67.3 Å². The molecule has 2 N–H and O–H groups in total. The van der Waals surface area contributed by atoms with Crippen molar-refractivity contribution < 1.29 is 22.8 Å². The van der Waals surface area contributed by atoms with Crippen molar-refractivity contribution in [2.24, 2.45) is 13.0 Å². The van der Waals surface area contributed by atoms with Crippen molar-refractivity contribution in [2.45, 2.75) is 25.9 Å². The van der Waals surface area contributed by atoms with E-state index in [2.05, 4.69) is 25.8 Å². The Hall–Kier alpha value is -4.87. The first kappa shape index (κ1) is 26.7. The van der Waals surface area contributed by atoms with Gasteiger partial charge in [0.05, 0.1) is 17.5 Å². The van der Waals surface area contributed by atoms with Crippen LogP contribution in [0, 0.1) is 12.8 Å². The van der Waals surface area contributed by atoms with Gasteiger partial charge in [0.2, 0.25) is 5.91 Å². The molecule has 204 valence electrons. The lowest BCUT2D eigenvalue weighted by atomic mass is 10.0. The molecule has 12 heteroatoms. The lowest BCUT2D eigenvalue weighted by Gasteiger charge is -2.13. The molecule has 0 bridgehead atoms. The zero-order chi connectivity index (χ0) is 28.6. The summed E-state index contributed by atoms with van der Waals surface area (Å²) in [6.45, 7) is 1.84. The number of benzene rings is 1. The largest absolute Gasteiger partial charge is 0.421 e. The lowest BCUT2D eigenvalue weighted by Crippen LogP contribution is -2.28. The molecule has 0 spiro atoms. The minimum absolute atomic E-state index is 0.0379. The highest BCUT2D eigenvalue weighted by molar-refractivity contribution is 6.04. The summed E-state index contributed by atoms with van der Waals surface area (Å²) in [6, 6.07) is 10.8. The zero-order valence-electron chi connectivity index (χ0n) is 21.4. The second kappa shape index (κ2) is 10.4. The second-order valence-electron chi connectivity index (χ2n) is 9.56. The summed E-state index contributed by atoms with van der Waals surface area (Å²) in [7, 11) is 1.15. The molecule has 3 aromatic heterocycles. The standard InChI is InChI=1S/C28H23F3N6O3/c1-15-3-6-20(34-26(39)19-9-22(28(29,30)31)27(40)37(2)14-19)12-21(15)23-10-18(13-33-36-23)17-7-8-32-24(11-17)35-25(38)16-4-5-16/h3,6-14,16H,4-5H2,1-2H3,(H,34,39)(H,32,35,38). The van der Waals surface area contributed by atoms with Crippen LogP contribution in [0.1, 0.15) is 34.3 Å². The molecule has 3 heterocycles. The summed E-state index contributed by atoms with van der Waals surface area (Å²) >= 11 is 0. The number of nitrogens with zero attached hydrogens (tertiary/aromatic N) is 4. The highest BCUT2D eigenvalue weighted by Crippen LogP contribution is 2.32. The van der Waals surface area contributed by atoms with Gasteiger partial charge in [0, 0.05) is 42.2 Å². The van der Waals surface area contributed by atoms with Crippen molar-refractivity contribution in [3.05, 3.63) is 88.1 Å². The number of amides is 2. The first-order valence-electron chi connectivity index (χ1n) is 12.3. The predicted molar refractivity (Wildman–Crippen MR) is 141 cm³/mol. The Morgan fingerprint density at radius 1 is 1.02 bits per heavy atom. The molecule has 40 heavy (non-hydrogen) atoms. The van der Waals surface area contributed by atoms with Gasteiger partial charge in [0.25, 0.3) is 11.5 Å². The monoisotopic (exact) mass is 548 g/mol. The fraction of sp³-hybridized carbons (Fsp3) is 0.214. The number of carbonyl (C=O) groups is 2. The van der Waals surface area contributed by atoms with Gasteiger partial charge >= 0.3 is 6.18 Å². The maximum Gasteiger partial charge on any atom is 0.421 e. The van der Waals surface area contributed by atoms with E-state index in [9.17, 15) is 27.6 Å². The maximum absolute atomic E-state index is 13.3. The maximum atomic E-state index is 13.3. The average Bonchev–Trinajstić information content (AvgIpc) is 3.77. The number of hydrogen-bond acceptors (Lipinski definition) is 6. The number of rotatable bonds is 6. The van der Waals surface area contributed by atoms with Crippen LogP contribution in [0.2, 0.25) is 0 Å². The van der Waals surface area contributed by atoms with Crippen molar-refractivity contribution in [3.8, 4) is 22.4 Å². The first-order chi connectivity index (χ1) is 19.0. The van der Waals surface area contributed by atoms with Crippen LogP contribution in [-0.4, -0.2) is 31.6 Å². The van der Waals surface area contributed by atoms with Gasteiger partial charge in [-0.1, -0.05) is 6.07 Å². The van der Waals surface area contributed by atoms with Crippen LogP contribution >= 0.6 is 0 Å². The number of nitrogens with one attached hydrogen (secondary N) is 2. The number of aromatic nitrogens is 4. The minimum atomic E-state index is -4.90. The van der Waals surface area contributed by atoms with Crippen molar-refractivity contribution in [2.75, 3.05) is 10.6 Å². The average molecular weight is 549 g/mol. The van der Waals surface area contributed by atoms with E-state index in [1.807, 2.05) is 6.92 Å². The van der Waals surface area contributed by atoms with E-state index in [0.29, 0.717) is 34.4 Å². The van der Waals surface area contributed by atoms with Gasteiger partial charge in [-0.3, -0.25) is 14.4 Å². The van der Waals surface area contributed by atoms with E-state index < -0.39 is 23.2 Å². The lowest BCUT2D eigenvalue weighted by molar-refractivity contribution is -0.139. The Kier molecular flexibility index (Phi) is 6.92. The number of alkyl halides is 3. The topological polar surface area (TPSA) is 119 Å². The summed E-state index contributed by atoms with van der Waals surface area (Å²) in [5, 5.41) is 13.7. The van der Waals surface area contributed by atoms with Crippen LogP contribution in [0.5, 0.6) is 0 Å². The van der Waals surface area contributed by atoms with Gasteiger partial charge in [-0.2, -0.15) is 23.4 Å². The summed E-state index contributed by atoms with van der Waals surface area (Å²) in [5.74, 6) is -0.398. The Morgan fingerprint density at radius 3 is 2.52 bits per heavy atom. The molecular formula is C28H23F3N6O3. The van der Waals surface area contributed by atoms with Crippen molar-refractivity contribution in [1.82, 2.24) is 19.7 Å². The van der Waals surface area contributed by atoms with Gasteiger partial charge in [0.15, 0.2) is 0 Å². The summed E-state index contributed by atoms with van der Waals surface area (Å²) in [5.41, 5.74) is 0.751. The van der Waals surface area contributed by atoms with E-state index >= 15 is 0 Å². The molecule has 0 saturated heterocycles. The van der Waals surface area contributed by atoms with E-state index in [1.165, 1.54) is 0 Å². The van der Waals surface area contributed by atoms with Crippen molar-refractivity contribution in [1.29, 1.82) is 0 Å². The quantitative estimate of drug-likeness (QED) is 0.356. The van der Waals surface area contributed by atoms with Gasteiger partial charge in [-0.15, -0.1) is 0 Å². The third kappa shape index (κ3) is 5.75. The summed E-state index contributed by atoms with van der Waals surface area (Å²) in [4.78, 5) is 41.0. The molecule has 1 saturated carbocycles. The smallest absolute Gasteiger partial charge is 0.322 e. The van der Waals surface area contributed by atoms with E-state index in [0.717, 1.165) is 41.8 Å². The molecule has 0 aliphatic heterocycles. The fourth-order valence-electron chi connectivity index (χ4n) is 4.13. The SMILES string of the molecule is Cc1ccc(NC(=O)c2cc(C(F)(F)F)c(=O)n(C)c2)cc1-c1cc(-c2ccnc(NC(=O)C3CC3)c2)cnn1. The van der Waals surface area contributed by atoms with Crippen LogP contribution in [0.3, 0.4) is 0 Å². The van der Waals surface area contributed by atoms with E-state index in [1.54, 1.807) is 48.8 Å². The van der Waals surface area contributed by atoms with Crippen LogP contribution in [-0.2, 0) is 18.0 Å². The molecule has 0 atom stereocenters. The molecule has 5 rings (SSSR count). The van der Waals surface area contributed by atoms with Crippen LogP contribution in [0.15, 0.2) is 65.8 Å².